The molecule has 5 nitrogen and oxygen atoms in total. The topological polar surface area (TPSA) is 96.8 Å². The van der Waals surface area contributed by atoms with Gasteiger partial charge >= 0.3 is 0 Å². The van der Waals surface area contributed by atoms with Gasteiger partial charge in [-0.1, -0.05) is 6.07 Å². The van der Waals surface area contributed by atoms with Crippen molar-refractivity contribution >= 4 is 31.5 Å². The van der Waals surface area contributed by atoms with Crippen molar-refractivity contribution in [2.75, 3.05) is 5.73 Å². The minimum absolute atomic E-state index is 0.114. The molecule has 0 saturated carbocycles. The van der Waals surface area contributed by atoms with E-state index in [2.05, 4.69) is 20.9 Å². The molecule has 0 amide bonds. The molecule has 1 heterocycles. The third kappa shape index (κ3) is 2.98. The summed E-state index contributed by atoms with van der Waals surface area (Å²) in [5.41, 5.74) is 6.55. The van der Waals surface area contributed by atoms with E-state index >= 15 is 0 Å². The van der Waals surface area contributed by atoms with E-state index in [1.165, 1.54) is 24.4 Å². The molecule has 0 fully saturated rings. The lowest BCUT2D eigenvalue weighted by molar-refractivity contribution is 0.594. The number of hydrogen-bond donors (Lipinski definition) is 1. The molecule has 102 valence electrons. The highest BCUT2D eigenvalue weighted by molar-refractivity contribution is 9.10. The molecular formula is C13H10BrN3O2S. The molecule has 2 aromatic rings. The number of benzene rings is 1. The number of sulfone groups is 1. The molecule has 0 aliphatic rings. The Morgan fingerprint density at radius 2 is 2.10 bits per heavy atom. The van der Waals surface area contributed by atoms with Crippen LogP contribution in [0.4, 0.5) is 5.69 Å². The zero-order chi connectivity index (χ0) is 14.8. The van der Waals surface area contributed by atoms with Crippen LogP contribution in [0.25, 0.3) is 0 Å². The van der Waals surface area contributed by atoms with Crippen LogP contribution in [0.2, 0.25) is 0 Å². The van der Waals surface area contributed by atoms with Gasteiger partial charge < -0.3 is 5.73 Å². The minimum atomic E-state index is -3.59. The number of anilines is 1. The van der Waals surface area contributed by atoms with E-state index in [4.69, 9.17) is 11.0 Å². The van der Waals surface area contributed by atoms with Crippen LogP contribution in [-0.4, -0.2) is 13.4 Å². The van der Waals surface area contributed by atoms with Crippen molar-refractivity contribution in [2.45, 2.75) is 10.6 Å². The summed E-state index contributed by atoms with van der Waals surface area (Å²) in [6, 6.07) is 9.56. The molecule has 1 aromatic carbocycles. The van der Waals surface area contributed by atoms with E-state index in [9.17, 15) is 8.42 Å². The van der Waals surface area contributed by atoms with Crippen molar-refractivity contribution in [3.05, 3.63) is 52.3 Å². The molecule has 1 aromatic heterocycles. The first-order chi connectivity index (χ1) is 9.44. The Bertz CT molecular complexity index is 798. The van der Waals surface area contributed by atoms with Gasteiger partial charge in [0.2, 0.25) is 0 Å². The number of nitriles is 1. The number of pyridine rings is 1. The summed E-state index contributed by atoms with van der Waals surface area (Å²) in [6.45, 7) is 0. The molecule has 2 N–H and O–H groups in total. The number of hydrogen-bond acceptors (Lipinski definition) is 5. The van der Waals surface area contributed by atoms with Crippen LogP contribution >= 0.6 is 15.9 Å². The summed E-state index contributed by atoms with van der Waals surface area (Å²) in [5, 5.41) is 8.94. The highest BCUT2D eigenvalue weighted by Crippen LogP contribution is 2.27. The van der Waals surface area contributed by atoms with Gasteiger partial charge in [0.05, 0.1) is 10.6 Å². The Morgan fingerprint density at radius 1 is 1.35 bits per heavy atom. The van der Waals surface area contributed by atoms with Gasteiger partial charge in [0.25, 0.3) is 0 Å². The van der Waals surface area contributed by atoms with Crippen LogP contribution in [0.3, 0.4) is 0 Å². The van der Waals surface area contributed by atoms with Crippen LogP contribution in [0.5, 0.6) is 0 Å². The van der Waals surface area contributed by atoms with E-state index in [0.29, 0.717) is 15.7 Å². The maximum Gasteiger partial charge on any atom is 0.183 e. The highest BCUT2D eigenvalue weighted by atomic mass is 79.9. The van der Waals surface area contributed by atoms with E-state index in [0.717, 1.165) is 0 Å². The normalized spacial score (nSPS) is 11.0. The Balaban J connectivity index is 2.44. The first kappa shape index (κ1) is 14.5. The molecule has 0 aliphatic heterocycles. The third-order valence-electron chi connectivity index (χ3n) is 2.63. The maximum absolute atomic E-state index is 12.4. The van der Waals surface area contributed by atoms with Crippen LogP contribution in [0, 0.1) is 11.3 Å². The second-order valence-electron chi connectivity index (χ2n) is 4.07. The first-order valence-electron chi connectivity index (χ1n) is 5.56. The lowest BCUT2D eigenvalue weighted by atomic mass is 10.2. The van der Waals surface area contributed by atoms with Gasteiger partial charge in [-0.25, -0.2) is 13.4 Å². The standard InChI is InChI=1S/C13H10BrN3O2S/c14-11-6-10(16)3-4-13(11)20(18,19)8-9-2-1-5-17-12(9)7-15/h1-6H,8,16H2. The van der Waals surface area contributed by atoms with Gasteiger partial charge in [0, 0.05) is 21.9 Å². The summed E-state index contributed by atoms with van der Waals surface area (Å²) in [5.74, 6) is -0.285. The van der Waals surface area contributed by atoms with Crippen molar-refractivity contribution in [1.29, 1.82) is 5.26 Å². The molecule has 0 aliphatic carbocycles. The summed E-state index contributed by atoms with van der Waals surface area (Å²) >= 11 is 3.19. The van der Waals surface area contributed by atoms with Crippen LogP contribution in [0.15, 0.2) is 45.9 Å². The van der Waals surface area contributed by atoms with Crippen LogP contribution in [0.1, 0.15) is 11.3 Å². The molecule has 2 rings (SSSR count). The quantitative estimate of drug-likeness (QED) is 0.855. The van der Waals surface area contributed by atoms with Gasteiger partial charge in [-0.2, -0.15) is 5.26 Å². The molecule has 0 spiro atoms. The fourth-order valence-electron chi connectivity index (χ4n) is 1.71. The molecule has 0 radical (unpaired) electrons. The van der Waals surface area contributed by atoms with Crippen molar-refractivity contribution in [3.8, 4) is 6.07 Å². The largest absolute Gasteiger partial charge is 0.399 e. The summed E-state index contributed by atoms with van der Waals surface area (Å²) < 4.78 is 25.2. The average molecular weight is 352 g/mol. The fraction of sp³-hybridized carbons (Fsp3) is 0.0769. The van der Waals surface area contributed by atoms with E-state index in [1.54, 1.807) is 12.1 Å². The molecular weight excluding hydrogens is 342 g/mol. The highest BCUT2D eigenvalue weighted by Gasteiger charge is 2.20. The van der Waals surface area contributed by atoms with Crippen molar-refractivity contribution in [1.82, 2.24) is 4.98 Å². The van der Waals surface area contributed by atoms with Crippen molar-refractivity contribution in [3.63, 3.8) is 0 Å². The van der Waals surface area contributed by atoms with Crippen molar-refractivity contribution < 1.29 is 8.42 Å². The summed E-state index contributed by atoms with van der Waals surface area (Å²) in [4.78, 5) is 3.99. The number of nitrogens with two attached hydrogens (primary N) is 1. The predicted octanol–water partition coefficient (Wildman–Crippen LogP) is 2.27. The number of aromatic nitrogens is 1. The van der Waals surface area contributed by atoms with E-state index in [-0.39, 0.29) is 16.3 Å². The zero-order valence-electron chi connectivity index (χ0n) is 10.2. The fourth-order valence-corrected chi connectivity index (χ4v) is 4.27. The SMILES string of the molecule is N#Cc1ncccc1CS(=O)(=O)c1ccc(N)cc1Br. The second-order valence-corrected chi connectivity index (χ2v) is 6.88. The first-order valence-corrected chi connectivity index (χ1v) is 8.00. The number of halogens is 1. The number of nitrogen functional groups attached to an aromatic ring is 1. The summed E-state index contributed by atoms with van der Waals surface area (Å²) in [7, 11) is -3.59. The van der Waals surface area contributed by atoms with Gasteiger partial charge in [0.1, 0.15) is 11.8 Å². The maximum atomic E-state index is 12.4. The third-order valence-corrected chi connectivity index (χ3v) is 5.27. The van der Waals surface area contributed by atoms with Gasteiger partial charge in [-0.15, -0.1) is 0 Å². The number of nitrogens with zero attached hydrogens (tertiary/aromatic N) is 2. The Hall–Kier alpha value is -1.91. The van der Waals surface area contributed by atoms with E-state index in [1.807, 2.05) is 6.07 Å². The van der Waals surface area contributed by atoms with Crippen LogP contribution < -0.4 is 5.73 Å². The van der Waals surface area contributed by atoms with Gasteiger partial charge in [-0.05, 0) is 40.2 Å². The average Bonchev–Trinajstić information content (AvgIpc) is 2.38. The molecule has 0 bridgehead atoms. The van der Waals surface area contributed by atoms with Crippen LogP contribution in [-0.2, 0) is 15.6 Å². The Kier molecular flexibility index (Phi) is 4.06. The Morgan fingerprint density at radius 3 is 2.75 bits per heavy atom. The molecule has 7 heteroatoms. The zero-order valence-corrected chi connectivity index (χ0v) is 12.6. The van der Waals surface area contributed by atoms with Gasteiger partial charge in [0.15, 0.2) is 9.84 Å². The number of rotatable bonds is 3. The molecule has 20 heavy (non-hydrogen) atoms. The second kappa shape index (κ2) is 5.61. The summed E-state index contributed by atoms with van der Waals surface area (Å²) in [6.07, 6.45) is 1.45. The molecule has 0 saturated heterocycles. The van der Waals surface area contributed by atoms with Crippen molar-refractivity contribution in [2.24, 2.45) is 0 Å². The van der Waals surface area contributed by atoms with Gasteiger partial charge in [-0.3, -0.25) is 0 Å². The Labute approximate surface area is 125 Å². The smallest absolute Gasteiger partial charge is 0.183 e. The molecule has 0 atom stereocenters. The monoisotopic (exact) mass is 351 g/mol. The lowest BCUT2D eigenvalue weighted by Crippen LogP contribution is -2.08. The lowest BCUT2D eigenvalue weighted by Gasteiger charge is -2.08. The molecule has 0 unspecified atom stereocenters. The van der Waals surface area contributed by atoms with E-state index < -0.39 is 9.84 Å². The minimum Gasteiger partial charge on any atom is -0.399 e. The predicted molar refractivity (Wildman–Crippen MR) is 78.4 cm³/mol.